The average Bonchev–Trinajstić information content (AvgIpc) is 2.87. The predicted molar refractivity (Wildman–Crippen MR) is 69.3 cm³/mol. The molecule has 2 rings (SSSR count). The molecule has 0 aliphatic carbocycles. The van der Waals surface area contributed by atoms with Crippen LogP contribution >= 0.6 is 15.9 Å². The molecule has 2 atom stereocenters. The summed E-state index contributed by atoms with van der Waals surface area (Å²) >= 11 is 3.06. The summed E-state index contributed by atoms with van der Waals surface area (Å²) in [5.41, 5.74) is 0.0788. The van der Waals surface area contributed by atoms with Gasteiger partial charge < -0.3 is 10.1 Å². The first-order valence-corrected chi connectivity index (χ1v) is 6.82. The maximum atomic E-state index is 13.7. The molecule has 1 fully saturated rings. The monoisotopic (exact) mass is 319 g/mol. The van der Waals surface area contributed by atoms with Crippen LogP contribution in [0.5, 0.6) is 0 Å². The molecular weight excluding hydrogens is 304 g/mol. The lowest BCUT2D eigenvalue weighted by atomic mass is 10.0. The molecule has 1 aromatic carbocycles. The van der Waals surface area contributed by atoms with Crippen molar-refractivity contribution in [3.05, 3.63) is 33.8 Å². The van der Waals surface area contributed by atoms with Gasteiger partial charge in [-0.15, -0.1) is 0 Å². The third kappa shape index (κ3) is 3.08. The summed E-state index contributed by atoms with van der Waals surface area (Å²) in [5.74, 6) is -0.626. The topological polar surface area (TPSA) is 21.3 Å². The van der Waals surface area contributed by atoms with Crippen LogP contribution in [0.3, 0.4) is 0 Å². The van der Waals surface area contributed by atoms with Crippen molar-refractivity contribution >= 4 is 15.9 Å². The molecule has 0 bridgehead atoms. The second-order valence-corrected chi connectivity index (χ2v) is 5.47. The van der Waals surface area contributed by atoms with E-state index in [2.05, 4.69) is 21.2 Å². The quantitative estimate of drug-likeness (QED) is 0.860. The van der Waals surface area contributed by atoms with Gasteiger partial charge in [-0.2, -0.15) is 0 Å². The Labute approximate surface area is 114 Å². The molecule has 1 saturated heterocycles. The van der Waals surface area contributed by atoms with Gasteiger partial charge in [0.1, 0.15) is 11.6 Å². The Morgan fingerprint density at radius 3 is 2.94 bits per heavy atom. The van der Waals surface area contributed by atoms with Gasteiger partial charge in [0.2, 0.25) is 0 Å². The first kappa shape index (κ1) is 13.9. The Balaban J connectivity index is 1.99. The van der Waals surface area contributed by atoms with Crippen molar-refractivity contribution in [2.24, 2.45) is 5.92 Å². The minimum absolute atomic E-state index is 0.0788. The van der Waals surface area contributed by atoms with E-state index in [0.717, 1.165) is 19.6 Å². The van der Waals surface area contributed by atoms with Crippen LogP contribution in [0.25, 0.3) is 0 Å². The number of halogens is 3. The fourth-order valence-electron chi connectivity index (χ4n) is 2.11. The second kappa shape index (κ2) is 6.08. The minimum Gasteiger partial charge on any atom is -0.381 e. The lowest BCUT2D eigenvalue weighted by Gasteiger charge is -2.19. The summed E-state index contributed by atoms with van der Waals surface area (Å²) in [6.07, 6.45) is 0.998. The minimum atomic E-state index is -0.530. The highest BCUT2D eigenvalue weighted by Crippen LogP contribution is 2.22. The molecule has 1 aliphatic heterocycles. The Morgan fingerprint density at radius 1 is 1.50 bits per heavy atom. The van der Waals surface area contributed by atoms with Crippen molar-refractivity contribution in [2.45, 2.75) is 25.9 Å². The SMILES string of the molecule is CC(NCc1c(F)ccc(Br)c1F)C1CCOC1. The van der Waals surface area contributed by atoms with Crippen LogP contribution in [0, 0.1) is 17.6 Å². The lowest BCUT2D eigenvalue weighted by Crippen LogP contribution is -2.33. The van der Waals surface area contributed by atoms with Gasteiger partial charge >= 0.3 is 0 Å². The van der Waals surface area contributed by atoms with Crippen LogP contribution in [0.15, 0.2) is 16.6 Å². The average molecular weight is 320 g/mol. The molecule has 1 heterocycles. The number of rotatable bonds is 4. The number of ether oxygens (including phenoxy) is 1. The molecule has 1 aromatic rings. The normalized spacial score (nSPS) is 21.2. The first-order valence-electron chi connectivity index (χ1n) is 6.03. The molecule has 100 valence electrons. The van der Waals surface area contributed by atoms with Gasteiger partial charge in [0, 0.05) is 24.8 Å². The van der Waals surface area contributed by atoms with Gasteiger partial charge in [-0.1, -0.05) is 0 Å². The molecule has 1 N–H and O–H groups in total. The Bertz CT molecular complexity index is 422. The molecule has 0 spiro atoms. The summed E-state index contributed by atoms with van der Waals surface area (Å²) in [5, 5.41) is 3.17. The third-order valence-electron chi connectivity index (χ3n) is 3.41. The summed E-state index contributed by atoms with van der Waals surface area (Å²) < 4.78 is 32.9. The van der Waals surface area contributed by atoms with Crippen LogP contribution in [0.1, 0.15) is 18.9 Å². The van der Waals surface area contributed by atoms with E-state index in [9.17, 15) is 8.78 Å². The fraction of sp³-hybridized carbons (Fsp3) is 0.538. The molecule has 1 aliphatic rings. The zero-order chi connectivity index (χ0) is 13.1. The van der Waals surface area contributed by atoms with E-state index in [1.54, 1.807) is 0 Å². The highest BCUT2D eigenvalue weighted by atomic mass is 79.9. The molecule has 0 amide bonds. The van der Waals surface area contributed by atoms with Gasteiger partial charge in [0.15, 0.2) is 0 Å². The molecule has 0 saturated carbocycles. The summed E-state index contributed by atoms with van der Waals surface area (Å²) in [7, 11) is 0. The molecule has 18 heavy (non-hydrogen) atoms. The van der Waals surface area contributed by atoms with E-state index in [0.29, 0.717) is 5.92 Å². The third-order valence-corrected chi connectivity index (χ3v) is 4.02. The van der Waals surface area contributed by atoms with Gasteiger partial charge in [0.25, 0.3) is 0 Å². The highest BCUT2D eigenvalue weighted by Gasteiger charge is 2.22. The van der Waals surface area contributed by atoms with Crippen molar-refractivity contribution in [1.82, 2.24) is 5.32 Å². The fourth-order valence-corrected chi connectivity index (χ4v) is 2.48. The van der Waals surface area contributed by atoms with Gasteiger partial charge in [-0.3, -0.25) is 0 Å². The van der Waals surface area contributed by atoms with E-state index in [-0.39, 0.29) is 22.6 Å². The highest BCUT2D eigenvalue weighted by molar-refractivity contribution is 9.10. The first-order chi connectivity index (χ1) is 8.59. The van der Waals surface area contributed by atoms with Crippen molar-refractivity contribution in [1.29, 1.82) is 0 Å². The zero-order valence-electron chi connectivity index (χ0n) is 10.2. The van der Waals surface area contributed by atoms with E-state index >= 15 is 0 Å². The number of hydrogen-bond acceptors (Lipinski definition) is 2. The predicted octanol–water partition coefficient (Wildman–Crippen LogP) is 3.24. The van der Waals surface area contributed by atoms with Crippen LogP contribution < -0.4 is 5.32 Å². The maximum absolute atomic E-state index is 13.7. The van der Waals surface area contributed by atoms with Crippen LogP contribution in [0.2, 0.25) is 0 Å². The Hall–Kier alpha value is -0.520. The molecule has 0 aromatic heterocycles. The van der Waals surface area contributed by atoms with Crippen LogP contribution in [-0.2, 0) is 11.3 Å². The summed E-state index contributed by atoms with van der Waals surface area (Å²) in [4.78, 5) is 0. The van der Waals surface area contributed by atoms with E-state index in [4.69, 9.17) is 4.74 Å². The van der Waals surface area contributed by atoms with Crippen molar-refractivity contribution in [2.75, 3.05) is 13.2 Å². The van der Waals surface area contributed by atoms with Gasteiger partial charge in [0.05, 0.1) is 11.1 Å². The van der Waals surface area contributed by atoms with E-state index in [1.165, 1.54) is 12.1 Å². The Morgan fingerprint density at radius 2 is 2.28 bits per heavy atom. The zero-order valence-corrected chi connectivity index (χ0v) is 11.8. The van der Waals surface area contributed by atoms with Crippen molar-refractivity contribution in [3.8, 4) is 0 Å². The lowest BCUT2D eigenvalue weighted by molar-refractivity contribution is 0.178. The smallest absolute Gasteiger partial charge is 0.144 e. The van der Waals surface area contributed by atoms with Gasteiger partial charge in [-0.25, -0.2) is 8.78 Å². The van der Waals surface area contributed by atoms with E-state index in [1.807, 2.05) is 6.92 Å². The second-order valence-electron chi connectivity index (χ2n) is 4.61. The maximum Gasteiger partial charge on any atom is 0.144 e. The standard InChI is InChI=1S/C13H16BrF2NO/c1-8(9-4-5-18-7-9)17-6-10-12(15)3-2-11(14)13(10)16/h2-3,8-9,17H,4-7H2,1H3. The molecule has 0 radical (unpaired) electrons. The van der Waals surface area contributed by atoms with Crippen molar-refractivity contribution < 1.29 is 13.5 Å². The number of benzene rings is 1. The Kier molecular flexibility index (Phi) is 4.70. The van der Waals surface area contributed by atoms with E-state index < -0.39 is 11.6 Å². The van der Waals surface area contributed by atoms with Crippen LogP contribution in [-0.4, -0.2) is 19.3 Å². The van der Waals surface area contributed by atoms with Gasteiger partial charge in [-0.05, 0) is 47.3 Å². The number of hydrogen-bond donors (Lipinski definition) is 1. The van der Waals surface area contributed by atoms with Crippen molar-refractivity contribution in [3.63, 3.8) is 0 Å². The summed E-state index contributed by atoms with van der Waals surface area (Å²) in [6.45, 7) is 3.70. The number of nitrogens with one attached hydrogen (secondary N) is 1. The van der Waals surface area contributed by atoms with Crippen LogP contribution in [0.4, 0.5) is 8.78 Å². The molecule has 5 heteroatoms. The molecule has 2 nitrogen and oxygen atoms in total. The molecular formula is C13H16BrF2NO. The molecule has 2 unspecified atom stereocenters. The summed E-state index contributed by atoms with van der Waals surface area (Å²) in [6, 6.07) is 2.83. The largest absolute Gasteiger partial charge is 0.381 e.